The maximum Gasteiger partial charge on any atom is 0.129 e. The van der Waals surface area contributed by atoms with Gasteiger partial charge in [-0.1, -0.05) is 160 Å². The van der Waals surface area contributed by atoms with Crippen LogP contribution >= 0.6 is 57.7 Å². The van der Waals surface area contributed by atoms with Gasteiger partial charge in [-0.25, -0.2) is 9.97 Å². The van der Waals surface area contributed by atoms with E-state index in [0.29, 0.717) is 50.0 Å². The fourth-order valence-corrected chi connectivity index (χ4v) is 11.3. The van der Waals surface area contributed by atoms with Crippen molar-refractivity contribution in [2.75, 3.05) is 0 Å². The fraction of sp³-hybridized carbons (Fsp3) is 0.0986. The first-order chi connectivity index (χ1) is 41.2. The van der Waals surface area contributed by atoms with Crippen LogP contribution in [0, 0.1) is 61.7 Å². The SMILES string of the molecule is Cc1ccc(/C(C#N)=C/c2cn(Cc3ccc(Cl)nc3)c3cc(Cl)ccc23)cc1.Cc1ccc(/C(C#N)=C/c2cn(Cc3ccncc3)c3cc(Cl)ccc23)cc1.Cc1ccc(/C(C#N)=C/c2cn(Cc3cnc(C)s3)c3cc(Cl)ccc23)cc1. The molecule has 0 aliphatic heterocycles. The first kappa shape index (κ1) is 58.9. The molecule has 12 aromatic rings. The number of allylic oxidation sites excluding steroid dienone is 3. The monoisotopic (exact) mass is 1200 g/mol. The van der Waals surface area contributed by atoms with Gasteiger partial charge in [-0.15, -0.1) is 11.3 Å². The maximum absolute atomic E-state index is 9.73. The lowest BCUT2D eigenvalue weighted by Gasteiger charge is -2.05. The summed E-state index contributed by atoms with van der Waals surface area (Å²) in [7, 11) is 0. The Kier molecular flexibility index (Phi) is 18.7. The highest BCUT2D eigenvalue weighted by atomic mass is 35.5. The summed E-state index contributed by atoms with van der Waals surface area (Å²) in [6.45, 7) is 10.2. The summed E-state index contributed by atoms with van der Waals surface area (Å²) in [6, 6.07) is 56.3. The molecule has 6 heterocycles. The molecule has 0 saturated carbocycles. The van der Waals surface area contributed by atoms with Gasteiger partial charge in [0, 0.05) is 109 Å². The minimum absolute atomic E-state index is 0.467. The van der Waals surface area contributed by atoms with Crippen LogP contribution in [0.2, 0.25) is 20.2 Å². The van der Waals surface area contributed by atoms with Crippen molar-refractivity contribution in [3.8, 4) is 18.2 Å². The predicted molar refractivity (Wildman–Crippen MR) is 352 cm³/mol. The van der Waals surface area contributed by atoms with Gasteiger partial charge in [0.05, 0.1) is 63.0 Å². The van der Waals surface area contributed by atoms with Crippen LogP contribution in [0.4, 0.5) is 0 Å². The Labute approximate surface area is 518 Å². The second kappa shape index (κ2) is 27.0. The molecule has 416 valence electrons. The number of nitrogens with zero attached hydrogens (tertiary/aromatic N) is 9. The van der Waals surface area contributed by atoms with Gasteiger partial charge in [-0.2, -0.15) is 15.8 Å². The third-order valence-electron chi connectivity index (χ3n) is 14.2. The van der Waals surface area contributed by atoms with Crippen LogP contribution in [0.5, 0.6) is 0 Å². The minimum atomic E-state index is 0.467. The first-order valence-corrected chi connectivity index (χ1v) is 29.4. The van der Waals surface area contributed by atoms with Crippen LogP contribution in [0.3, 0.4) is 0 Å². The fourth-order valence-electron chi connectivity index (χ4n) is 9.85. The molecule has 0 aliphatic carbocycles. The van der Waals surface area contributed by atoms with E-state index in [0.717, 1.165) is 94.3 Å². The van der Waals surface area contributed by atoms with E-state index in [1.807, 2.05) is 204 Å². The van der Waals surface area contributed by atoms with Crippen LogP contribution in [-0.4, -0.2) is 28.7 Å². The van der Waals surface area contributed by atoms with E-state index in [9.17, 15) is 15.8 Å². The maximum atomic E-state index is 9.73. The van der Waals surface area contributed by atoms with Crippen molar-refractivity contribution < 1.29 is 0 Å². The van der Waals surface area contributed by atoms with Gasteiger partial charge in [0.15, 0.2) is 0 Å². The van der Waals surface area contributed by atoms with Crippen molar-refractivity contribution >= 4 is 125 Å². The van der Waals surface area contributed by atoms with E-state index in [2.05, 4.69) is 59.3 Å². The quantitative estimate of drug-likeness (QED) is 0.0886. The van der Waals surface area contributed by atoms with E-state index in [1.165, 1.54) is 16.0 Å². The molecule has 6 aromatic heterocycles. The molecular formula is C71H53Cl4N9S. The Hall–Kier alpha value is -9.28. The number of benzene rings is 6. The molecule has 0 spiro atoms. The van der Waals surface area contributed by atoms with Crippen LogP contribution in [0.1, 0.15) is 71.1 Å². The predicted octanol–water partition coefficient (Wildman–Crippen LogP) is 19.4. The lowest BCUT2D eigenvalue weighted by atomic mass is 10.0. The molecule has 0 radical (unpaired) electrons. The third kappa shape index (κ3) is 14.6. The van der Waals surface area contributed by atoms with Crippen LogP contribution in [0.25, 0.3) is 67.7 Å². The van der Waals surface area contributed by atoms with Gasteiger partial charge < -0.3 is 13.7 Å². The van der Waals surface area contributed by atoms with Gasteiger partial charge in [-0.05, 0) is 128 Å². The summed E-state index contributed by atoms with van der Waals surface area (Å²) < 4.78 is 6.44. The van der Waals surface area contributed by atoms with E-state index in [4.69, 9.17) is 46.4 Å². The lowest BCUT2D eigenvalue weighted by Crippen LogP contribution is -1.98. The van der Waals surface area contributed by atoms with Crippen molar-refractivity contribution in [3.05, 3.63) is 286 Å². The van der Waals surface area contributed by atoms with Crippen molar-refractivity contribution in [1.82, 2.24) is 28.7 Å². The van der Waals surface area contributed by atoms with Crippen molar-refractivity contribution in [2.24, 2.45) is 0 Å². The van der Waals surface area contributed by atoms with E-state index < -0.39 is 0 Å². The summed E-state index contributed by atoms with van der Waals surface area (Å²) in [4.78, 5) is 13.8. The Morgan fingerprint density at radius 3 is 1.19 bits per heavy atom. The van der Waals surface area contributed by atoms with Gasteiger partial charge >= 0.3 is 0 Å². The Balaban J connectivity index is 0.000000142. The van der Waals surface area contributed by atoms with E-state index in [1.54, 1.807) is 36.0 Å². The summed E-state index contributed by atoms with van der Waals surface area (Å²) in [5.41, 5.74) is 16.4. The van der Waals surface area contributed by atoms with Crippen molar-refractivity contribution in [1.29, 1.82) is 15.8 Å². The number of pyridine rings is 2. The molecule has 0 aliphatic rings. The second-order valence-corrected chi connectivity index (χ2v) is 23.4. The van der Waals surface area contributed by atoms with Crippen molar-refractivity contribution in [2.45, 2.75) is 47.3 Å². The highest BCUT2D eigenvalue weighted by Crippen LogP contribution is 2.33. The van der Waals surface area contributed by atoms with Crippen LogP contribution < -0.4 is 0 Å². The number of hydrogen-bond acceptors (Lipinski definition) is 7. The highest BCUT2D eigenvalue weighted by molar-refractivity contribution is 7.11. The Morgan fingerprint density at radius 2 is 0.835 bits per heavy atom. The summed E-state index contributed by atoms with van der Waals surface area (Å²) in [5.74, 6) is 0. The zero-order valence-electron chi connectivity index (χ0n) is 46.8. The third-order valence-corrected chi connectivity index (χ3v) is 16.0. The van der Waals surface area contributed by atoms with Crippen molar-refractivity contribution in [3.63, 3.8) is 0 Å². The minimum Gasteiger partial charge on any atom is -0.342 e. The number of hydrogen-bond donors (Lipinski definition) is 0. The molecule has 9 nitrogen and oxygen atoms in total. The zero-order valence-corrected chi connectivity index (χ0v) is 50.6. The number of rotatable bonds is 12. The molecule has 12 rings (SSSR count). The molecule has 0 bridgehead atoms. The number of fused-ring (bicyclic) bond motifs is 3. The van der Waals surface area contributed by atoms with Gasteiger partial charge in [0.1, 0.15) is 5.15 Å². The molecular weight excluding hydrogens is 1150 g/mol. The number of aromatic nitrogens is 6. The first-order valence-electron chi connectivity index (χ1n) is 27.0. The summed E-state index contributed by atoms with van der Waals surface area (Å²) in [5, 5.41) is 35.9. The number of thiazole rings is 1. The second-order valence-electron chi connectivity index (χ2n) is 20.4. The largest absolute Gasteiger partial charge is 0.342 e. The number of halogens is 4. The topological polar surface area (TPSA) is 125 Å². The van der Waals surface area contributed by atoms with Crippen LogP contribution in [0.15, 0.2) is 195 Å². The molecule has 0 fully saturated rings. The van der Waals surface area contributed by atoms with Gasteiger partial charge in [0.25, 0.3) is 0 Å². The molecule has 0 N–H and O–H groups in total. The van der Waals surface area contributed by atoms with Gasteiger partial charge in [0.2, 0.25) is 0 Å². The average Bonchev–Trinajstić information content (AvgIpc) is 2.41. The number of nitriles is 3. The Bertz CT molecular complexity index is 4600. The summed E-state index contributed by atoms with van der Waals surface area (Å²) in [6.07, 6.45) is 19.3. The molecule has 0 amide bonds. The van der Waals surface area contributed by atoms with E-state index >= 15 is 0 Å². The normalized spacial score (nSPS) is 11.6. The average molecular weight is 1210 g/mol. The molecule has 6 aromatic carbocycles. The van der Waals surface area contributed by atoms with E-state index in [-0.39, 0.29) is 0 Å². The molecule has 0 atom stereocenters. The highest BCUT2D eigenvalue weighted by Gasteiger charge is 2.15. The summed E-state index contributed by atoms with van der Waals surface area (Å²) >= 11 is 26.4. The van der Waals surface area contributed by atoms with Crippen LogP contribution in [-0.2, 0) is 19.6 Å². The molecule has 0 unspecified atom stereocenters. The van der Waals surface area contributed by atoms with Gasteiger partial charge in [-0.3, -0.25) is 4.98 Å². The zero-order chi connectivity index (χ0) is 59.6. The molecule has 85 heavy (non-hydrogen) atoms. The molecule has 14 heteroatoms. The lowest BCUT2D eigenvalue weighted by molar-refractivity contribution is 0.831. The standard InChI is InChI=1S/C24H17Cl2N3.C24H18ClN3.C23H18ClN3S/c1-16-2-5-18(6-3-16)19(12-27)10-20-15-29(14-17-4-9-24(26)28-13-17)23-11-21(25)7-8-22(20)23;1-17-2-4-19(5-3-17)20(14-26)12-21-16-28(15-18-8-10-27-11-9-18)24-13-22(25)6-7-23(21)24;1-15-3-5-17(6-4-15)18(11-25)9-19-13-27(14-21-12-26-16(2)28-21)23-10-20(24)7-8-22(19)23/h2-11,13,15H,14H2,1H3;2-13,16H,15H2,1H3;3-10,12-13H,14H2,1-2H3/b19-10+;20-12+;18-9+. The molecule has 0 saturated heterocycles. The number of aryl methyl sites for hydroxylation is 4. The smallest absolute Gasteiger partial charge is 0.129 e. The Morgan fingerprint density at radius 1 is 0.447 bits per heavy atom.